The van der Waals surface area contributed by atoms with E-state index in [-0.39, 0.29) is 23.6 Å². The quantitative estimate of drug-likeness (QED) is 0.849. The lowest BCUT2D eigenvalue weighted by Gasteiger charge is -2.35. The molecule has 1 aliphatic heterocycles. The van der Waals surface area contributed by atoms with Crippen LogP contribution in [0, 0.1) is 11.7 Å². The maximum absolute atomic E-state index is 13.5. The van der Waals surface area contributed by atoms with E-state index in [4.69, 9.17) is 4.74 Å². The van der Waals surface area contributed by atoms with Crippen molar-refractivity contribution in [3.63, 3.8) is 0 Å². The molecule has 3 rings (SSSR count). The number of hydrogen-bond donors (Lipinski definition) is 2. The van der Waals surface area contributed by atoms with Gasteiger partial charge < -0.3 is 15.4 Å². The Morgan fingerprint density at radius 2 is 2.17 bits per heavy atom. The van der Waals surface area contributed by atoms with E-state index in [1.807, 2.05) is 6.07 Å². The molecule has 5 heteroatoms. The lowest BCUT2D eigenvalue weighted by Crippen LogP contribution is -2.52. The van der Waals surface area contributed by atoms with Crippen LogP contribution in [0.5, 0.6) is 0 Å². The molecule has 1 saturated heterocycles. The highest BCUT2D eigenvalue weighted by Gasteiger charge is 2.35. The molecule has 1 saturated carbocycles. The third-order valence-electron chi connectivity index (χ3n) is 5.45. The Labute approximate surface area is 151 Å². The number of benzene rings is 1. The van der Waals surface area contributed by atoms with Crippen LogP contribution in [0.4, 0.5) is 4.39 Å². The highest BCUT2D eigenvalue weighted by Crippen LogP contribution is 2.31. The van der Waals surface area contributed by atoms with Gasteiger partial charge >= 0.3 is 0 Å². The van der Waals surface area contributed by atoms with Gasteiger partial charge in [0.2, 0.25) is 0 Å². The minimum absolute atomic E-state index is 0. The van der Waals surface area contributed by atoms with Crippen LogP contribution in [0.2, 0.25) is 0 Å². The molecule has 0 radical (unpaired) electrons. The van der Waals surface area contributed by atoms with Crippen molar-refractivity contribution < 1.29 is 9.13 Å². The average molecular weight is 357 g/mol. The van der Waals surface area contributed by atoms with Crippen LogP contribution >= 0.6 is 12.4 Å². The second-order valence-corrected chi connectivity index (χ2v) is 7.61. The predicted octanol–water partition coefficient (Wildman–Crippen LogP) is 3.27. The van der Waals surface area contributed by atoms with Gasteiger partial charge in [0.25, 0.3) is 0 Å². The van der Waals surface area contributed by atoms with Crippen LogP contribution in [-0.4, -0.2) is 38.4 Å². The Balaban J connectivity index is 0.00000208. The molecule has 2 N–H and O–H groups in total. The van der Waals surface area contributed by atoms with Crippen LogP contribution < -0.4 is 10.6 Å². The summed E-state index contributed by atoms with van der Waals surface area (Å²) in [4.78, 5) is 0. The van der Waals surface area contributed by atoms with Crippen LogP contribution in [0.1, 0.15) is 38.7 Å². The van der Waals surface area contributed by atoms with E-state index in [1.54, 1.807) is 12.1 Å². The zero-order valence-electron chi connectivity index (χ0n) is 14.7. The van der Waals surface area contributed by atoms with E-state index >= 15 is 0 Å². The van der Waals surface area contributed by atoms with Gasteiger partial charge in [-0.1, -0.05) is 32.4 Å². The average Bonchev–Trinajstić information content (AvgIpc) is 3.02. The van der Waals surface area contributed by atoms with Gasteiger partial charge in [-0.05, 0) is 36.5 Å². The first-order valence-corrected chi connectivity index (χ1v) is 8.87. The topological polar surface area (TPSA) is 33.3 Å². The van der Waals surface area contributed by atoms with Gasteiger partial charge in [0.15, 0.2) is 0 Å². The molecule has 3 atom stereocenters. The first-order valence-electron chi connectivity index (χ1n) is 8.87. The molecule has 136 valence electrons. The summed E-state index contributed by atoms with van der Waals surface area (Å²) < 4.78 is 19.1. The molecule has 1 heterocycles. The number of morpholine rings is 1. The Morgan fingerprint density at radius 3 is 2.88 bits per heavy atom. The number of halogens is 2. The molecule has 2 fully saturated rings. The van der Waals surface area contributed by atoms with Crippen molar-refractivity contribution in [2.45, 2.75) is 50.6 Å². The maximum Gasteiger partial charge on any atom is 0.123 e. The van der Waals surface area contributed by atoms with Crippen LogP contribution in [0.3, 0.4) is 0 Å². The highest BCUT2D eigenvalue weighted by molar-refractivity contribution is 5.85. The van der Waals surface area contributed by atoms with Crippen molar-refractivity contribution in [3.8, 4) is 0 Å². The summed E-state index contributed by atoms with van der Waals surface area (Å²) >= 11 is 0. The van der Waals surface area contributed by atoms with Crippen LogP contribution in [0.15, 0.2) is 24.3 Å². The summed E-state index contributed by atoms with van der Waals surface area (Å²) in [5.41, 5.74) is 0.977. The Kier molecular flexibility index (Phi) is 7.05. The lowest BCUT2D eigenvalue weighted by molar-refractivity contribution is 0.0522. The van der Waals surface area contributed by atoms with E-state index in [2.05, 4.69) is 24.5 Å². The molecule has 0 amide bonds. The Hall–Kier alpha value is -0.680. The summed E-state index contributed by atoms with van der Waals surface area (Å²) in [6.45, 7) is 7.85. The maximum atomic E-state index is 13.5. The smallest absolute Gasteiger partial charge is 0.123 e. The molecule has 2 aliphatic rings. The second-order valence-electron chi connectivity index (χ2n) is 7.61. The first-order chi connectivity index (χ1) is 11.1. The number of hydrogen-bond acceptors (Lipinski definition) is 3. The number of rotatable bonds is 5. The van der Waals surface area contributed by atoms with E-state index in [0.717, 1.165) is 31.9 Å². The third-order valence-corrected chi connectivity index (χ3v) is 5.45. The van der Waals surface area contributed by atoms with Gasteiger partial charge in [-0.15, -0.1) is 12.4 Å². The number of ether oxygens (including phenoxy) is 1. The van der Waals surface area contributed by atoms with Crippen LogP contribution in [0.25, 0.3) is 0 Å². The van der Waals surface area contributed by atoms with Gasteiger partial charge in [-0.25, -0.2) is 4.39 Å². The SMILES string of the molecule is CC(C)(CNC1CCCC1C1COCCN1)c1cccc(F)c1.Cl. The Bertz CT molecular complexity index is 520. The fraction of sp³-hybridized carbons (Fsp3) is 0.684. The highest BCUT2D eigenvalue weighted by atomic mass is 35.5. The van der Waals surface area contributed by atoms with Crippen molar-refractivity contribution in [3.05, 3.63) is 35.6 Å². The Morgan fingerprint density at radius 1 is 1.33 bits per heavy atom. The van der Waals surface area contributed by atoms with Crippen molar-refractivity contribution >= 4 is 12.4 Å². The molecule has 0 aromatic heterocycles. The van der Waals surface area contributed by atoms with Gasteiger partial charge in [-0.2, -0.15) is 0 Å². The minimum atomic E-state index is -0.155. The summed E-state index contributed by atoms with van der Waals surface area (Å²) in [5, 5.41) is 7.38. The summed E-state index contributed by atoms with van der Waals surface area (Å²) in [6.07, 6.45) is 3.77. The van der Waals surface area contributed by atoms with E-state index in [1.165, 1.54) is 25.3 Å². The zero-order chi connectivity index (χ0) is 16.3. The molecule has 1 aromatic carbocycles. The monoisotopic (exact) mass is 356 g/mol. The standard InChI is InChI=1S/C19H29FN2O.ClH/c1-19(2,14-5-3-6-15(20)11-14)13-22-17-8-4-7-16(17)18-12-23-10-9-21-18;/h3,5-6,11,16-18,21-22H,4,7-10,12-13H2,1-2H3;1H. The van der Waals surface area contributed by atoms with Gasteiger partial charge in [0, 0.05) is 30.6 Å². The lowest BCUT2D eigenvalue weighted by atomic mass is 9.83. The molecule has 1 aliphatic carbocycles. The molecular formula is C19H30ClFN2O. The van der Waals surface area contributed by atoms with Crippen molar-refractivity contribution in [1.82, 2.24) is 10.6 Å². The number of nitrogens with one attached hydrogen (secondary N) is 2. The summed E-state index contributed by atoms with van der Waals surface area (Å²) in [5.74, 6) is 0.483. The van der Waals surface area contributed by atoms with Gasteiger partial charge in [0.1, 0.15) is 5.82 Å². The molecule has 3 nitrogen and oxygen atoms in total. The van der Waals surface area contributed by atoms with E-state index in [9.17, 15) is 4.39 Å². The van der Waals surface area contributed by atoms with Crippen molar-refractivity contribution in [2.24, 2.45) is 5.92 Å². The van der Waals surface area contributed by atoms with E-state index in [0.29, 0.717) is 18.0 Å². The third kappa shape index (κ3) is 4.69. The summed E-state index contributed by atoms with van der Waals surface area (Å²) in [6, 6.07) is 7.99. The molecule has 3 unspecified atom stereocenters. The molecule has 0 spiro atoms. The van der Waals surface area contributed by atoms with Gasteiger partial charge in [-0.3, -0.25) is 0 Å². The minimum Gasteiger partial charge on any atom is -0.379 e. The summed E-state index contributed by atoms with van der Waals surface area (Å²) in [7, 11) is 0. The largest absolute Gasteiger partial charge is 0.379 e. The van der Waals surface area contributed by atoms with Crippen LogP contribution in [-0.2, 0) is 10.2 Å². The fourth-order valence-corrected chi connectivity index (χ4v) is 3.98. The predicted molar refractivity (Wildman–Crippen MR) is 98.4 cm³/mol. The molecular weight excluding hydrogens is 327 g/mol. The second kappa shape index (κ2) is 8.61. The molecule has 0 bridgehead atoms. The molecule has 1 aromatic rings. The van der Waals surface area contributed by atoms with Gasteiger partial charge in [0.05, 0.1) is 13.2 Å². The fourth-order valence-electron chi connectivity index (χ4n) is 3.98. The first kappa shape index (κ1) is 19.6. The van der Waals surface area contributed by atoms with E-state index < -0.39 is 0 Å². The normalized spacial score (nSPS) is 27.7. The van der Waals surface area contributed by atoms with Crippen molar-refractivity contribution in [2.75, 3.05) is 26.3 Å². The molecule has 24 heavy (non-hydrogen) atoms. The zero-order valence-corrected chi connectivity index (χ0v) is 15.5. The van der Waals surface area contributed by atoms with Crippen molar-refractivity contribution in [1.29, 1.82) is 0 Å².